The average molecular weight is 251 g/mol. The van der Waals surface area contributed by atoms with Crippen LogP contribution in [0.25, 0.3) is 0 Å². The van der Waals surface area contributed by atoms with Crippen molar-refractivity contribution in [1.82, 2.24) is 4.72 Å². The summed E-state index contributed by atoms with van der Waals surface area (Å²) >= 11 is 0. The minimum Gasteiger partial charge on any atom is -0.469 e. The maximum Gasteiger partial charge on any atom is 0.306 e. The third-order valence-corrected chi connectivity index (χ3v) is 3.95. The highest BCUT2D eigenvalue weighted by atomic mass is 32.2. The molecule has 0 aromatic carbocycles. The largest absolute Gasteiger partial charge is 0.469 e. The average Bonchev–Trinajstić information content (AvgIpc) is 2.19. The monoisotopic (exact) mass is 251 g/mol. The summed E-state index contributed by atoms with van der Waals surface area (Å²) in [7, 11) is -2.19. The number of methoxy groups -OCH3 is 1. The van der Waals surface area contributed by atoms with Gasteiger partial charge in [-0.1, -0.05) is 0 Å². The molecule has 0 amide bonds. The SMILES string of the molecule is COC(=O)CCS(=O)(=O)NCC1CC(O)C1. The van der Waals surface area contributed by atoms with Crippen LogP contribution in [0.15, 0.2) is 0 Å². The van der Waals surface area contributed by atoms with Gasteiger partial charge in [-0.25, -0.2) is 13.1 Å². The molecule has 1 aliphatic rings. The zero-order chi connectivity index (χ0) is 12.2. The van der Waals surface area contributed by atoms with E-state index in [1.165, 1.54) is 7.11 Å². The van der Waals surface area contributed by atoms with Gasteiger partial charge in [-0.15, -0.1) is 0 Å². The van der Waals surface area contributed by atoms with E-state index < -0.39 is 16.0 Å². The Balaban J connectivity index is 2.21. The van der Waals surface area contributed by atoms with Gasteiger partial charge in [0.05, 0.1) is 25.4 Å². The lowest BCUT2D eigenvalue weighted by molar-refractivity contribution is -0.140. The molecule has 0 aromatic heterocycles. The van der Waals surface area contributed by atoms with E-state index in [1.54, 1.807) is 0 Å². The standard InChI is InChI=1S/C9H17NO5S/c1-15-9(12)2-3-16(13,14)10-6-7-4-8(11)5-7/h7-8,10-11H,2-6H2,1H3. The van der Waals surface area contributed by atoms with Crippen LogP contribution in [0.4, 0.5) is 0 Å². The quantitative estimate of drug-likeness (QED) is 0.605. The molecule has 1 saturated carbocycles. The molecule has 16 heavy (non-hydrogen) atoms. The number of sulfonamides is 1. The highest BCUT2D eigenvalue weighted by Gasteiger charge is 2.28. The fourth-order valence-electron chi connectivity index (χ4n) is 1.50. The molecule has 0 atom stereocenters. The number of hydrogen-bond donors (Lipinski definition) is 2. The molecule has 0 heterocycles. The van der Waals surface area contributed by atoms with Crippen LogP contribution >= 0.6 is 0 Å². The Morgan fingerprint density at radius 1 is 1.50 bits per heavy atom. The molecule has 0 unspecified atom stereocenters. The second kappa shape index (κ2) is 5.60. The lowest BCUT2D eigenvalue weighted by Crippen LogP contribution is -2.39. The first-order valence-corrected chi connectivity index (χ1v) is 6.80. The van der Waals surface area contributed by atoms with E-state index in [0.717, 1.165) is 0 Å². The molecule has 1 fully saturated rings. The summed E-state index contributed by atoms with van der Waals surface area (Å²) < 4.78 is 29.6. The number of rotatable bonds is 6. The maximum atomic E-state index is 11.4. The Kier molecular flexibility index (Phi) is 4.69. The highest BCUT2D eigenvalue weighted by Crippen LogP contribution is 2.26. The van der Waals surface area contributed by atoms with Crippen LogP contribution in [0.5, 0.6) is 0 Å². The molecule has 0 bridgehead atoms. The predicted molar refractivity (Wildman–Crippen MR) is 57.2 cm³/mol. The van der Waals surface area contributed by atoms with Crippen LogP contribution in [0, 0.1) is 5.92 Å². The molecule has 1 aliphatic carbocycles. The lowest BCUT2D eigenvalue weighted by Gasteiger charge is -2.31. The van der Waals surface area contributed by atoms with E-state index in [4.69, 9.17) is 5.11 Å². The van der Waals surface area contributed by atoms with Gasteiger partial charge in [0.1, 0.15) is 0 Å². The van der Waals surface area contributed by atoms with Crippen molar-refractivity contribution in [2.24, 2.45) is 5.92 Å². The van der Waals surface area contributed by atoms with Crippen LogP contribution in [-0.2, 0) is 19.6 Å². The number of aliphatic hydroxyl groups excluding tert-OH is 1. The molecule has 0 saturated heterocycles. The van der Waals surface area contributed by atoms with E-state index in [9.17, 15) is 13.2 Å². The van der Waals surface area contributed by atoms with Crippen LogP contribution in [0.1, 0.15) is 19.3 Å². The maximum absolute atomic E-state index is 11.4. The molecular formula is C9H17NO5S. The van der Waals surface area contributed by atoms with Gasteiger partial charge >= 0.3 is 5.97 Å². The zero-order valence-corrected chi connectivity index (χ0v) is 10.00. The first-order valence-electron chi connectivity index (χ1n) is 5.15. The first-order chi connectivity index (χ1) is 7.43. The molecule has 1 rings (SSSR count). The summed E-state index contributed by atoms with van der Waals surface area (Å²) in [6, 6.07) is 0. The smallest absolute Gasteiger partial charge is 0.306 e. The molecule has 0 aromatic rings. The Bertz CT molecular complexity index is 334. The number of esters is 1. The number of aliphatic hydroxyl groups is 1. The van der Waals surface area contributed by atoms with Crippen LogP contribution in [0.2, 0.25) is 0 Å². The van der Waals surface area contributed by atoms with Crippen LogP contribution < -0.4 is 4.72 Å². The summed E-state index contributed by atoms with van der Waals surface area (Å²) in [5.41, 5.74) is 0. The van der Waals surface area contributed by atoms with Crippen molar-refractivity contribution < 1.29 is 23.1 Å². The molecular weight excluding hydrogens is 234 g/mol. The van der Waals surface area contributed by atoms with Crippen molar-refractivity contribution in [2.45, 2.75) is 25.4 Å². The minimum absolute atomic E-state index is 0.140. The third kappa shape index (κ3) is 4.46. The van der Waals surface area contributed by atoms with Gasteiger partial charge in [0.25, 0.3) is 0 Å². The summed E-state index contributed by atoms with van der Waals surface area (Å²) in [4.78, 5) is 10.8. The fraction of sp³-hybridized carbons (Fsp3) is 0.889. The topological polar surface area (TPSA) is 92.7 Å². The van der Waals surface area contributed by atoms with Crippen LogP contribution in [0.3, 0.4) is 0 Å². The van der Waals surface area contributed by atoms with E-state index in [1.807, 2.05) is 0 Å². The third-order valence-electron chi connectivity index (χ3n) is 2.61. The molecule has 2 N–H and O–H groups in total. The normalized spacial score (nSPS) is 24.9. The minimum atomic E-state index is -3.41. The molecule has 6 nitrogen and oxygen atoms in total. The van der Waals surface area contributed by atoms with Crippen molar-refractivity contribution in [2.75, 3.05) is 19.4 Å². The van der Waals surface area contributed by atoms with E-state index in [0.29, 0.717) is 19.4 Å². The van der Waals surface area contributed by atoms with Gasteiger partial charge in [0.2, 0.25) is 10.0 Å². The van der Waals surface area contributed by atoms with Gasteiger partial charge < -0.3 is 9.84 Å². The Hall–Kier alpha value is -0.660. The van der Waals surface area contributed by atoms with Crippen molar-refractivity contribution in [3.63, 3.8) is 0 Å². The Morgan fingerprint density at radius 2 is 2.12 bits per heavy atom. The van der Waals surface area contributed by atoms with Crippen molar-refractivity contribution in [1.29, 1.82) is 0 Å². The Labute approximate surface area is 95.0 Å². The molecule has 94 valence electrons. The summed E-state index contributed by atoms with van der Waals surface area (Å²) in [5, 5.41) is 9.02. The van der Waals surface area contributed by atoms with Gasteiger partial charge in [-0.2, -0.15) is 0 Å². The van der Waals surface area contributed by atoms with Crippen molar-refractivity contribution in [3.8, 4) is 0 Å². The number of carbonyl (C=O) groups is 1. The van der Waals surface area contributed by atoms with Gasteiger partial charge in [-0.05, 0) is 18.8 Å². The summed E-state index contributed by atoms with van der Waals surface area (Å²) in [6.45, 7) is 0.334. The fourth-order valence-corrected chi connectivity index (χ4v) is 2.57. The van der Waals surface area contributed by atoms with Crippen LogP contribution in [-0.4, -0.2) is 45.0 Å². The zero-order valence-electron chi connectivity index (χ0n) is 9.18. The summed E-state index contributed by atoms with van der Waals surface area (Å²) in [5.74, 6) is -0.582. The molecule has 7 heteroatoms. The predicted octanol–water partition coefficient (Wildman–Crippen LogP) is -0.760. The van der Waals surface area contributed by atoms with E-state index in [2.05, 4.69) is 9.46 Å². The second-order valence-corrected chi connectivity index (χ2v) is 5.91. The second-order valence-electron chi connectivity index (χ2n) is 3.98. The number of nitrogens with one attached hydrogen (secondary N) is 1. The number of ether oxygens (including phenoxy) is 1. The lowest BCUT2D eigenvalue weighted by atomic mass is 9.83. The van der Waals surface area contributed by atoms with E-state index in [-0.39, 0.29) is 24.2 Å². The summed E-state index contributed by atoms with van der Waals surface area (Å²) in [6.07, 6.45) is 0.850. The Morgan fingerprint density at radius 3 is 2.62 bits per heavy atom. The van der Waals surface area contributed by atoms with Gasteiger partial charge in [0, 0.05) is 6.54 Å². The van der Waals surface area contributed by atoms with E-state index >= 15 is 0 Å². The highest BCUT2D eigenvalue weighted by molar-refractivity contribution is 7.89. The number of carbonyl (C=O) groups excluding carboxylic acids is 1. The molecule has 0 spiro atoms. The van der Waals surface area contributed by atoms with Gasteiger partial charge in [-0.3, -0.25) is 4.79 Å². The van der Waals surface area contributed by atoms with Crippen molar-refractivity contribution >= 4 is 16.0 Å². The first kappa shape index (κ1) is 13.4. The number of hydrogen-bond acceptors (Lipinski definition) is 5. The molecule has 0 aliphatic heterocycles. The van der Waals surface area contributed by atoms with Gasteiger partial charge in [0.15, 0.2) is 0 Å². The van der Waals surface area contributed by atoms with Crippen molar-refractivity contribution in [3.05, 3.63) is 0 Å². The molecule has 0 radical (unpaired) electrons.